The number of carbonyl (C=O) groups is 2. The predicted molar refractivity (Wildman–Crippen MR) is 71.4 cm³/mol. The van der Waals surface area contributed by atoms with Crippen LogP contribution < -0.4 is 10.1 Å². The van der Waals surface area contributed by atoms with E-state index in [4.69, 9.17) is 9.84 Å². The van der Waals surface area contributed by atoms with Gasteiger partial charge in [-0.1, -0.05) is 6.92 Å². The van der Waals surface area contributed by atoms with Crippen LogP contribution in [-0.4, -0.2) is 29.6 Å². The highest BCUT2D eigenvalue weighted by Crippen LogP contribution is 2.12. The number of benzene rings is 1. The lowest BCUT2D eigenvalue weighted by molar-refractivity contribution is -0.137. The van der Waals surface area contributed by atoms with Crippen LogP contribution in [-0.2, 0) is 4.79 Å². The van der Waals surface area contributed by atoms with Gasteiger partial charge in [-0.3, -0.25) is 9.59 Å². The Bertz CT molecular complexity index is 428. The van der Waals surface area contributed by atoms with Crippen LogP contribution >= 0.6 is 0 Å². The Kier molecular flexibility index (Phi) is 5.85. The van der Waals surface area contributed by atoms with Gasteiger partial charge in [0, 0.05) is 11.6 Å². The average Bonchev–Trinajstić information content (AvgIpc) is 2.38. The molecule has 5 heteroatoms. The Morgan fingerprint density at radius 3 is 2.37 bits per heavy atom. The summed E-state index contributed by atoms with van der Waals surface area (Å²) in [5.74, 6) is -0.480. The van der Waals surface area contributed by atoms with Crippen LogP contribution in [0.4, 0.5) is 0 Å². The minimum Gasteiger partial charge on any atom is -0.494 e. The van der Waals surface area contributed by atoms with Crippen molar-refractivity contribution in [1.82, 2.24) is 5.32 Å². The molecule has 19 heavy (non-hydrogen) atoms. The minimum atomic E-state index is -0.918. The third kappa shape index (κ3) is 4.99. The predicted octanol–water partition coefficient (Wildman–Crippen LogP) is 2.07. The summed E-state index contributed by atoms with van der Waals surface area (Å²) < 4.78 is 5.29. The third-order valence-corrected chi connectivity index (χ3v) is 2.68. The number of hydrogen-bond acceptors (Lipinski definition) is 3. The molecule has 0 bridgehead atoms. The number of carbonyl (C=O) groups excluding carboxylic acids is 1. The Labute approximate surface area is 112 Å². The van der Waals surface area contributed by atoms with Gasteiger partial charge in [0.15, 0.2) is 0 Å². The molecule has 1 atom stereocenters. The number of aliphatic carboxylic acids is 1. The molecule has 0 aliphatic carbocycles. The van der Waals surface area contributed by atoms with E-state index in [0.29, 0.717) is 24.3 Å². The fraction of sp³-hybridized carbons (Fsp3) is 0.429. The van der Waals surface area contributed by atoms with Gasteiger partial charge in [0.2, 0.25) is 0 Å². The highest BCUT2D eigenvalue weighted by molar-refractivity contribution is 5.94. The summed E-state index contributed by atoms with van der Waals surface area (Å²) in [6, 6.07) is 6.41. The molecule has 0 heterocycles. The van der Waals surface area contributed by atoms with E-state index in [1.54, 1.807) is 24.3 Å². The summed E-state index contributed by atoms with van der Waals surface area (Å²) in [7, 11) is 0. The number of ether oxygens (including phenoxy) is 1. The van der Waals surface area contributed by atoms with Crippen molar-refractivity contribution in [2.24, 2.45) is 0 Å². The van der Waals surface area contributed by atoms with Crippen molar-refractivity contribution in [3.05, 3.63) is 29.8 Å². The molecule has 0 spiro atoms. The molecule has 104 valence electrons. The Hall–Kier alpha value is -2.04. The van der Waals surface area contributed by atoms with Crippen molar-refractivity contribution in [3.63, 3.8) is 0 Å². The van der Waals surface area contributed by atoms with Crippen molar-refractivity contribution in [3.8, 4) is 5.75 Å². The second-order valence-electron chi connectivity index (χ2n) is 4.13. The van der Waals surface area contributed by atoms with Crippen LogP contribution in [0.3, 0.4) is 0 Å². The number of rotatable bonds is 7. The van der Waals surface area contributed by atoms with Gasteiger partial charge < -0.3 is 15.2 Å². The first-order valence-corrected chi connectivity index (χ1v) is 6.32. The SMILES string of the molecule is CCOc1ccc(C(=O)NC(CC)CC(=O)O)cc1. The van der Waals surface area contributed by atoms with Crippen LogP contribution in [0.15, 0.2) is 24.3 Å². The van der Waals surface area contributed by atoms with E-state index in [0.717, 1.165) is 0 Å². The lowest BCUT2D eigenvalue weighted by Crippen LogP contribution is -2.35. The molecule has 0 fully saturated rings. The molecular formula is C14H19NO4. The summed E-state index contributed by atoms with van der Waals surface area (Å²) >= 11 is 0. The molecule has 0 radical (unpaired) electrons. The quantitative estimate of drug-likeness (QED) is 0.791. The molecular weight excluding hydrogens is 246 g/mol. The van der Waals surface area contributed by atoms with Gasteiger partial charge in [-0.25, -0.2) is 0 Å². The van der Waals surface area contributed by atoms with Crippen LogP contribution in [0.1, 0.15) is 37.0 Å². The van der Waals surface area contributed by atoms with Gasteiger partial charge in [-0.15, -0.1) is 0 Å². The number of carboxylic acids is 1. The first kappa shape index (κ1) is 15.0. The van der Waals surface area contributed by atoms with Gasteiger partial charge >= 0.3 is 5.97 Å². The van der Waals surface area contributed by atoms with Crippen LogP contribution in [0.25, 0.3) is 0 Å². The summed E-state index contributed by atoms with van der Waals surface area (Å²) in [6.45, 7) is 4.30. The summed E-state index contributed by atoms with van der Waals surface area (Å²) in [5.41, 5.74) is 0.493. The maximum absolute atomic E-state index is 11.9. The summed E-state index contributed by atoms with van der Waals surface area (Å²) in [5, 5.41) is 11.4. The van der Waals surface area contributed by atoms with E-state index in [1.807, 2.05) is 13.8 Å². The van der Waals surface area contributed by atoms with Gasteiger partial charge in [0.25, 0.3) is 5.91 Å². The highest BCUT2D eigenvalue weighted by atomic mass is 16.5. The van der Waals surface area contributed by atoms with E-state index >= 15 is 0 Å². The zero-order valence-corrected chi connectivity index (χ0v) is 11.2. The van der Waals surface area contributed by atoms with Crippen molar-refractivity contribution < 1.29 is 19.4 Å². The molecule has 1 aromatic carbocycles. The first-order chi connectivity index (χ1) is 9.06. The normalized spacial score (nSPS) is 11.7. The lowest BCUT2D eigenvalue weighted by atomic mass is 10.1. The molecule has 0 aromatic heterocycles. The molecule has 1 aromatic rings. The van der Waals surface area contributed by atoms with E-state index in [-0.39, 0.29) is 18.4 Å². The minimum absolute atomic E-state index is 0.0702. The maximum Gasteiger partial charge on any atom is 0.305 e. The van der Waals surface area contributed by atoms with Gasteiger partial charge in [0.1, 0.15) is 5.75 Å². The Morgan fingerprint density at radius 1 is 1.26 bits per heavy atom. The van der Waals surface area contributed by atoms with Gasteiger partial charge in [-0.05, 0) is 37.6 Å². The zero-order valence-electron chi connectivity index (χ0n) is 11.2. The smallest absolute Gasteiger partial charge is 0.305 e. The molecule has 0 aliphatic heterocycles. The fourth-order valence-electron chi connectivity index (χ4n) is 1.65. The number of carboxylic acid groups (broad SMARTS) is 1. The second-order valence-corrected chi connectivity index (χ2v) is 4.13. The summed E-state index contributed by atoms with van der Waals surface area (Å²) in [4.78, 5) is 22.6. The standard InChI is InChI=1S/C14H19NO4/c1-3-11(9-13(16)17)15-14(18)10-5-7-12(8-6-10)19-4-2/h5-8,11H,3-4,9H2,1-2H3,(H,15,18)(H,16,17). The Balaban J connectivity index is 2.63. The van der Waals surface area contributed by atoms with Gasteiger partial charge in [0.05, 0.1) is 13.0 Å². The zero-order chi connectivity index (χ0) is 14.3. The largest absolute Gasteiger partial charge is 0.494 e. The van der Waals surface area contributed by atoms with Crippen molar-refractivity contribution in [2.45, 2.75) is 32.7 Å². The first-order valence-electron chi connectivity index (χ1n) is 6.32. The van der Waals surface area contributed by atoms with Crippen molar-refractivity contribution in [1.29, 1.82) is 0 Å². The van der Waals surface area contributed by atoms with E-state index < -0.39 is 5.97 Å². The van der Waals surface area contributed by atoms with Crippen LogP contribution in [0, 0.1) is 0 Å². The highest BCUT2D eigenvalue weighted by Gasteiger charge is 2.15. The lowest BCUT2D eigenvalue weighted by Gasteiger charge is -2.14. The monoisotopic (exact) mass is 265 g/mol. The molecule has 1 unspecified atom stereocenters. The molecule has 0 saturated heterocycles. The number of amides is 1. The van der Waals surface area contributed by atoms with E-state index in [1.165, 1.54) is 0 Å². The van der Waals surface area contributed by atoms with E-state index in [9.17, 15) is 9.59 Å². The van der Waals surface area contributed by atoms with Gasteiger partial charge in [-0.2, -0.15) is 0 Å². The molecule has 1 amide bonds. The van der Waals surface area contributed by atoms with Crippen molar-refractivity contribution in [2.75, 3.05) is 6.61 Å². The molecule has 1 rings (SSSR count). The fourth-order valence-corrected chi connectivity index (χ4v) is 1.65. The summed E-state index contributed by atoms with van der Waals surface area (Å²) in [6.07, 6.45) is 0.508. The number of nitrogens with one attached hydrogen (secondary N) is 1. The van der Waals surface area contributed by atoms with Crippen LogP contribution in [0.2, 0.25) is 0 Å². The van der Waals surface area contributed by atoms with Crippen LogP contribution in [0.5, 0.6) is 5.75 Å². The maximum atomic E-state index is 11.9. The third-order valence-electron chi connectivity index (χ3n) is 2.68. The Morgan fingerprint density at radius 2 is 1.89 bits per heavy atom. The molecule has 0 aliphatic rings. The molecule has 2 N–H and O–H groups in total. The van der Waals surface area contributed by atoms with Crippen molar-refractivity contribution >= 4 is 11.9 Å². The molecule has 5 nitrogen and oxygen atoms in total. The average molecular weight is 265 g/mol. The topological polar surface area (TPSA) is 75.6 Å². The molecule has 0 saturated carbocycles. The van der Waals surface area contributed by atoms with E-state index in [2.05, 4.69) is 5.32 Å². The second kappa shape index (κ2) is 7.41. The number of hydrogen-bond donors (Lipinski definition) is 2.